The van der Waals surface area contributed by atoms with Gasteiger partial charge < -0.3 is 5.11 Å². The van der Waals surface area contributed by atoms with Gasteiger partial charge in [0.25, 0.3) is 0 Å². The molecule has 2 aliphatic carbocycles. The number of rotatable bonds is 2. The fourth-order valence-corrected chi connectivity index (χ4v) is 5.60. The van der Waals surface area contributed by atoms with Gasteiger partial charge in [0, 0.05) is 6.26 Å². The number of sulfone groups is 1. The molecule has 0 spiro atoms. The van der Waals surface area contributed by atoms with Crippen LogP contribution in [-0.4, -0.2) is 30.6 Å². The van der Waals surface area contributed by atoms with Gasteiger partial charge in [-0.25, -0.2) is 8.42 Å². The monoisotopic (exact) mass is 271 g/mol. The van der Waals surface area contributed by atoms with Gasteiger partial charge in [0.2, 0.25) is 0 Å². The Kier molecular flexibility index (Phi) is 3.23. The van der Waals surface area contributed by atoms with E-state index >= 15 is 0 Å². The number of nitriles is 1. The third-order valence-corrected chi connectivity index (χ3v) is 6.54. The Bertz CT molecular complexity index is 481. The summed E-state index contributed by atoms with van der Waals surface area (Å²) in [4.78, 5) is 0. The zero-order valence-corrected chi connectivity index (χ0v) is 11.8. The van der Waals surface area contributed by atoms with Crippen LogP contribution < -0.4 is 0 Å². The van der Waals surface area contributed by atoms with Crippen LogP contribution in [0.25, 0.3) is 0 Å². The van der Waals surface area contributed by atoms with E-state index in [1.54, 1.807) is 0 Å². The molecule has 5 heteroatoms. The van der Waals surface area contributed by atoms with Crippen LogP contribution in [0.1, 0.15) is 45.4 Å². The Morgan fingerprint density at radius 3 is 2.44 bits per heavy atom. The first kappa shape index (κ1) is 13.8. The lowest BCUT2D eigenvalue weighted by molar-refractivity contribution is -0.0452. The van der Waals surface area contributed by atoms with Gasteiger partial charge in [-0.05, 0) is 44.4 Å². The number of aliphatic hydroxyl groups is 1. The molecule has 2 fully saturated rings. The van der Waals surface area contributed by atoms with Gasteiger partial charge in [-0.3, -0.25) is 0 Å². The van der Waals surface area contributed by atoms with Crippen molar-refractivity contribution >= 4 is 9.84 Å². The molecule has 0 bridgehead atoms. The highest BCUT2D eigenvalue weighted by Gasteiger charge is 2.61. The lowest BCUT2D eigenvalue weighted by Crippen LogP contribution is -2.54. The van der Waals surface area contributed by atoms with E-state index in [0.29, 0.717) is 38.0 Å². The van der Waals surface area contributed by atoms with Crippen LogP contribution in [0, 0.1) is 22.7 Å². The van der Waals surface area contributed by atoms with E-state index < -0.39 is 26.1 Å². The quantitative estimate of drug-likeness (QED) is 0.828. The Hall–Kier alpha value is -0.600. The molecule has 4 atom stereocenters. The molecule has 1 N–H and O–H groups in total. The first-order chi connectivity index (χ1) is 8.25. The molecule has 0 aromatic rings. The molecule has 2 saturated carbocycles. The van der Waals surface area contributed by atoms with Gasteiger partial charge in [-0.1, -0.05) is 6.92 Å². The van der Waals surface area contributed by atoms with Crippen molar-refractivity contribution in [1.29, 1.82) is 5.26 Å². The highest BCUT2D eigenvalue weighted by Crippen LogP contribution is 2.55. The molecule has 4 nitrogen and oxygen atoms in total. The Labute approximate surface area is 109 Å². The fourth-order valence-electron chi connectivity index (χ4n) is 3.96. The molecule has 2 aliphatic rings. The molecule has 18 heavy (non-hydrogen) atoms. The molecule has 4 unspecified atom stereocenters. The van der Waals surface area contributed by atoms with E-state index in [0.717, 1.165) is 6.42 Å². The Morgan fingerprint density at radius 1 is 1.33 bits per heavy atom. The average molecular weight is 271 g/mol. The average Bonchev–Trinajstić information content (AvgIpc) is 2.83. The van der Waals surface area contributed by atoms with Gasteiger partial charge in [0.05, 0.1) is 22.3 Å². The van der Waals surface area contributed by atoms with Crippen LogP contribution >= 0.6 is 0 Å². The van der Waals surface area contributed by atoms with E-state index in [-0.39, 0.29) is 0 Å². The topological polar surface area (TPSA) is 78.2 Å². The molecular formula is C13H21NO3S. The number of nitrogens with zero attached hydrogens (tertiary/aromatic N) is 1. The first-order valence-electron chi connectivity index (χ1n) is 6.58. The maximum Gasteiger partial charge on any atom is 0.153 e. The maximum atomic E-state index is 11.9. The molecule has 102 valence electrons. The van der Waals surface area contributed by atoms with Crippen LogP contribution in [0.15, 0.2) is 0 Å². The third-order valence-electron chi connectivity index (χ3n) is 4.88. The van der Waals surface area contributed by atoms with E-state index in [1.807, 2.05) is 0 Å². The van der Waals surface area contributed by atoms with Crippen molar-refractivity contribution in [2.45, 2.75) is 56.3 Å². The largest absolute Gasteiger partial charge is 0.387 e. The zero-order chi connectivity index (χ0) is 13.6. The van der Waals surface area contributed by atoms with Crippen LogP contribution in [-0.2, 0) is 9.84 Å². The minimum Gasteiger partial charge on any atom is -0.387 e. The summed E-state index contributed by atoms with van der Waals surface area (Å²) in [5, 5.41) is 19.7. The van der Waals surface area contributed by atoms with Crippen LogP contribution in [0.5, 0.6) is 0 Å². The number of hydrogen-bond donors (Lipinski definition) is 1. The number of hydrogen-bond acceptors (Lipinski definition) is 4. The van der Waals surface area contributed by atoms with Gasteiger partial charge in [-0.2, -0.15) is 5.26 Å². The lowest BCUT2D eigenvalue weighted by Gasteiger charge is -2.41. The molecule has 0 aromatic heterocycles. The summed E-state index contributed by atoms with van der Waals surface area (Å²) in [5.41, 5.74) is -2.21. The summed E-state index contributed by atoms with van der Waals surface area (Å²) in [5.74, 6) is 0.384. The summed E-state index contributed by atoms with van der Waals surface area (Å²) in [6.07, 6.45) is 4.91. The van der Waals surface area contributed by atoms with Crippen LogP contribution in [0.3, 0.4) is 0 Å². The van der Waals surface area contributed by atoms with Gasteiger partial charge in [0.15, 0.2) is 9.84 Å². The second-order valence-electron chi connectivity index (χ2n) is 6.18. The van der Waals surface area contributed by atoms with Gasteiger partial charge >= 0.3 is 0 Å². The van der Waals surface area contributed by atoms with Gasteiger partial charge in [-0.15, -0.1) is 0 Å². The molecule has 0 aliphatic heterocycles. The molecule has 0 heterocycles. The molecule has 0 radical (unpaired) electrons. The van der Waals surface area contributed by atoms with Crippen molar-refractivity contribution in [3.05, 3.63) is 0 Å². The van der Waals surface area contributed by atoms with E-state index in [9.17, 15) is 18.8 Å². The predicted molar refractivity (Wildman–Crippen MR) is 68.5 cm³/mol. The molecule has 2 rings (SSSR count). The Balaban J connectivity index is 2.44. The summed E-state index contributed by atoms with van der Waals surface area (Å²) in [6.45, 7) is 2.06. The van der Waals surface area contributed by atoms with E-state index in [2.05, 4.69) is 13.0 Å². The minimum absolute atomic E-state index is 0.384. The van der Waals surface area contributed by atoms with Crippen molar-refractivity contribution in [1.82, 2.24) is 0 Å². The van der Waals surface area contributed by atoms with Crippen molar-refractivity contribution in [2.75, 3.05) is 6.26 Å². The van der Waals surface area contributed by atoms with Crippen molar-refractivity contribution in [2.24, 2.45) is 11.3 Å². The van der Waals surface area contributed by atoms with E-state index in [4.69, 9.17) is 0 Å². The normalized spacial score (nSPS) is 45.0. The zero-order valence-electron chi connectivity index (χ0n) is 11.0. The highest BCUT2D eigenvalue weighted by molar-refractivity contribution is 7.91. The highest BCUT2D eigenvalue weighted by atomic mass is 32.2. The van der Waals surface area contributed by atoms with Crippen molar-refractivity contribution < 1.29 is 13.5 Å². The molecule has 0 aromatic carbocycles. The summed E-state index contributed by atoms with van der Waals surface area (Å²) in [6, 6.07) is 2.28. The standard InChI is InChI=1S/C13H21NO3S/c1-10-5-7-12(8-10,9-14)13(15)6-3-4-11(13)18(2,16)17/h10-11,15H,3-8H2,1-2H3. The maximum absolute atomic E-state index is 11.9. The van der Waals surface area contributed by atoms with Gasteiger partial charge in [0.1, 0.15) is 0 Å². The molecule has 0 saturated heterocycles. The summed E-state index contributed by atoms with van der Waals surface area (Å²) < 4.78 is 23.8. The minimum atomic E-state index is -3.31. The smallest absolute Gasteiger partial charge is 0.153 e. The Morgan fingerprint density at radius 2 is 2.00 bits per heavy atom. The lowest BCUT2D eigenvalue weighted by atomic mass is 9.69. The van der Waals surface area contributed by atoms with Crippen LogP contribution in [0.4, 0.5) is 0 Å². The first-order valence-corrected chi connectivity index (χ1v) is 8.53. The predicted octanol–water partition coefficient (Wildman–Crippen LogP) is 1.64. The fraction of sp³-hybridized carbons (Fsp3) is 0.923. The van der Waals surface area contributed by atoms with E-state index in [1.165, 1.54) is 6.26 Å². The summed E-state index contributed by atoms with van der Waals surface area (Å²) >= 11 is 0. The summed E-state index contributed by atoms with van der Waals surface area (Å²) in [7, 11) is -3.31. The molecular weight excluding hydrogens is 250 g/mol. The second-order valence-corrected chi connectivity index (χ2v) is 8.40. The molecule has 0 amide bonds. The SMILES string of the molecule is CC1CCC(C#N)(C2(O)CCCC2S(C)(=O)=O)C1. The van der Waals surface area contributed by atoms with Crippen molar-refractivity contribution in [3.8, 4) is 6.07 Å². The second kappa shape index (κ2) is 4.21. The third kappa shape index (κ3) is 1.86. The van der Waals surface area contributed by atoms with Crippen molar-refractivity contribution in [3.63, 3.8) is 0 Å². The van der Waals surface area contributed by atoms with Crippen LogP contribution in [0.2, 0.25) is 0 Å².